The fourth-order valence-electron chi connectivity index (χ4n) is 0.161. The molecule has 11 heavy (non-hydrogen) atoms. The van der Waals surface area contributed by atoms with Gasteiger partial charge in [0, 0.05) is 17.4 Å². The summed E-state index contributed by atoms with van der Waals surface area (Å²) in [5.41, 5.74) is 0. The number of Topliss-reactive ketones (excluding diaryl/α,β-unsaturated/α-hetero) is 1. The molecular weight excluding hydrogens is 218 g/mol. The number of alkyl halides is 6. The van der Waals surface area contributed by atoms with Crippen LogP contribution >= 0.6 is 0 Å². The number of carbonyl (C=O) groups excluding carboxylic acids is 1. The summed E-state index contributed by atoms with van der Waals surface area (Å²) in [6.45, 7) is 0. The van der Waals surface area contributed by atoms with Crippen molar-refractivity contribution in [1.82, 2.24) is 0 Å². The quantitative estimate of drug-likeness (QED) is 0.565. The maximum absolute atomic E-state index is 10.9. The van der Waals surface area contributed by atoms with Crippen molar-refractivity contribution in [2.75, 3.05) is 0 Å². The van der Waals surface area contributed by atoms with Crippen LogP contribution in [-0.2, 0) is 22.2 Å². The molecule has 0 saturated carbocycles. The van der Waals surface area contributed by atoms with E-state index in [1.165, 1.54) is 0 Å². The zero-order chi connectivity index (χ0) is 8.58. The summed E-state index contributed by atoms with van der Waals surface area (Å²) >= 11 is 0. The molecule has 0 heterocycles. The summed E-state index contributed by atoms with van der Waals surface area (Å²) in [5.74, 6) is -3.68. The molecule has 0 bridgehead atoms. The van der Waals surface area contributed by atoms with Crippen molar-refractivity contribution >= 4 is 5.78 Å². The van der Waals surface area contributed by atoms with Gasteiger partial charge in [0.25, 0.3) is 0 Å². The van der Waals surface area contributed by atoms with Gasteiger partial charge in [0.2, 0.25) is 0 Å². The Morgan fingerprint density at radius 3 is 1.00 bits per heavy atom. The summed E-state index contributed by atoms with van der Waals surface area (Å²) in [6.07, 6.45) is -11.6. The van der Waals surface area contributed by atoms with Gasteiger partial charge in [-0.2, -0.15) is 26.3 Å². The normalized spacial score (nSPS) is 12.2. The van der Waals surface area contributed by atoms with E-state index in [9.17, 15) is 31.1 Å². The van der Waals surface area contributed by atoms with E-state index >= 15 is 0 Å². The van der Waals surface area contributed by atoms with Crippen LogP contribution in [0.25, 0.3) is 0 Å². The minimum atomic E-state index is -5.82. The Balaban J connectivity index is 0. The molecule has 0 aliphatic heterocycles. The van der Waals surface area contributed by atoms with E-state index < -0.39 is 18.1 Å². The third-order valence-electron chi connectivity index (χ3n) is 0.515. The van der Waals surface area contributed by atoms with Gasteiger partial charge < -0.3 is 0 Å². The number of carbonyl (C=O) groups is 1. The first-order valence-corrected chi connectivity index (χ1v) is 1.84. The van der Waals surface area contributed by atoms with Crippen molar-refractivity contribution in [3.63, 3.8) is 0 Å². The molecule has 0 aromatic carbocycles. The van der Waals surface area contributed by atoms with E-state index in [0.29, 0.717) is 0 Å². The Morgan fingerprint density at radius 2 is 1.00 bits per heavy atom. The first-order chi connectivity index (χ1) is 4.15. The maximum Gasteiger partial charge on any atom is 0.459 e. The summed E-state index contributed by atoms with van der Waals surface area (Å²) in [7, 11) is 0. The molecule has 66 valence electrons. The Kier molecular flexibility index (Phi) is 4.20. The van der Waals surface area contributed by atoms with Crippen LogP contribution in [0.5, 0.6) is 0 Å². The second-order valence-corrected chi connectivity index (χ2v) is 1.32. The van der Waals surface area contributed by atoms with Crippen LogP contribution in [0.2, 0.25) is 0 Å². The minimum Gasteiger partial charge on any atom is -0.279 e. The molecule has 0 aliphatic rings. The van der Waals surface area contributed by atoms with Gasteiger partial charge in [-0.25, -0.2) is 0 Å². The Bertz CT molecular complexity index is 129. The molecule has 0 fully saturated rings. The van der Waals surface area contributed by atoms with Crippen molar-refractivity contribution < 1.29 is 48.5 Å². The Hall–Kier alpha value is -0.218. The van der Waals surface area contributed by atoms with Crippen LogP contribution in [0.15, 0.2) is 0 Å². The van der Waals surface area contributed by atoms with Crippen molar-refractivity contribution in [2.24, 2.45) is 0 Å². The van der Waals surface area contributed by atoms with Gasteiger partial charge in [0.05, 0.1) is 0 Å². The van der Waals surface area contributed by atoms with Gasteiger partial charge in [-0.1, -0.05) is 0 Å². The largest absolute Gasteiger partial charge is 0.459 e. The van der Waals surface area contributed by atoms with Crippen LogP contribution in [0, 0.1) is 0 Å². The molecule has 0 amide bonds. The van der Waals surface area contributed by atoms with E-state index in [-0.39, 0.29) is 17.4 Å². The predicted molar refractivity (Wildman–Crippen MR) is 17.1 cm³/mol. The van der Waals surface area contributed by atoms with Crippen molar-refractivity contribution in [2.45, 2.75) is 12.4 Å². The van der Waals surface area contributed by atoms with Crippen molar-refractivity contribution in [3.8, 4) is 0 Å². The zero-order valence-corrected chi connectivity index (χ0v) is 5.86. The third kappa shape index (κ3) is 4.27. The molecule has 8 heteroatoms. The molecule has 0 saturated heterocycles. The second-order valence-electron chi connectivity index (χ2n) is 1.32. The number of rotatable bonds is 0. The van der Waals surface area contributed by atoms with Crippen LogP contribution < -0.4 is 0 Å². The second kappa shape index (κ2) is 3.45. The molecule has 0 rings (SSSR count). The van der Waals surface area contributed by atoms with Crippen LogP contribution in [-0.4, -0.2) is 18.1 Å². The standard InChI is InChI=1S/C3F6O.Cr/c4-2(5,6)1(10)3(7,8)9;. The average molecular weight is 218 g/mol. The van der Waals surface area contributed by atoms with Gasteiger partial charge in [0.1, 0.15) is 0 Å². The zero-order valence-electron chi connectivity index (χ0n) is 4.58. The maximum atomic E-state index is 10.9. The fraction of sp³-hybridized carbons (Fsp3) is 0.667. The monoisotopic (exact) mass is 218 g/mol. The van der Waals surface area contributed by atoms with E-state index in [1.54, 1.807) is 0 Å². The minimum absolute atomic E-state index is 0. The number of ketones is 1. The third-order valence-corrected chi connectivity index (χ3v) is 0.515. The van der Waals surface area contributed by atoms with E-state index in [0.717, 1.165) is 0 Å². The van der Waals surface area contributed by atoms with Gasteiger partial charge in [0.15, 0.2) is 0 Å². The molecule has 0 aliphatic carbocycles. The summed E-state index contributed by atoms with van der Waals surface area (Å²) < 4.78 is 65.3. The molecule has 0 atom stereocenters. The molecular formula is C3CrF6O. The van der Waals surface area contributed by atoms with Gasteiger partial charge in [-0.05, 0) is 0 Å². The topological polar surface area (TPSA) is 17.1 Å². The van der Waals surface area contributed by atoms with Crippen LogP contribution in [0.3, 0.4) is 0 Å². The fourth-order valence-corrected chi connectivity index (χ4v) is 0.161. The molecule has 0 aromatic heterocycles. The molecule has 0 N–H and O–H groups in total. The number of hydrogen-bond acceptors (Lipinski definition) is 1. The summed E-state index contributed by atoms with van der Waals surface area (Å²) in [5, 5.41) is 0. The molecule has 0 radical (unpaired) electrons. The predicted octanol–water partition coefficient (Wildman–Crippen LogP) is 1.68. The first-order valence-electron chi connectivity index (χ1n) is 1.84. The smallest absolute Gasteiger partial charge is 0.279 e. The Labute approximate surface area is 67.5 Å². The van der Waals surface area contributed by atoms with Crippen molar-refractivity contribution in [3.05, 3.63) is 0 Å². The molecule has 0 spiro atoms. The van der Waals surface area contributed by atoms with Crippen molar-refractivity contribution in [1.29, 1.82) is 0 Å². The SMILES string of the molecule is O=C(C(F)(F)F)C(F)(F)F.[Cr]. The van der Waals surface area contributed by atoms with Gasteiger partial charge in [-0.15, -0.1) is 0 Å². The van der Waals surface area contributed by atoms with Gasteiger partial charge in [-0.3, -0.25) is 4.79 Å². The summed E-state index contributed by atoms with van der Waals surface area (Å²) in [6, 6.07) is 0. The van der Waals surface area contributed by atoms with E-state index in [4.69, 9.17) is 0 Å². The van der Waals surface area contributed by atoms with Crippen LogP contribution in [0.4, 0.5) is 26.3 Å². The molecule has 0 aromatic rings. The first kappa shape index (κ1) is 13.4. The molecule has 0 unspecified atom stereocenters. The molecule has 1 nitrogen and oxygen atoms in total. The van der Waals surface area contributed by atoms with E-state index in [1.807, 2.05) is 0 Å². The van der Waals surface area contributed by atoms with Crippen LogP contribution in [0.1, 0.15) is 0 Å². The van der Waals surface area contributed by atoms with Gasteiger partial charge >= 0.3 is 18.1 Å². The average Bonchev–Trinajstić information content (AvgIpc) is 1.59. The van der Waals surface area contributed by atoms with E-state index in [2.05, 4.69) is 0 Å². The summed E-state index contributed by atoms with van der Waals surface area (Å²) in [4.78, 5) is 9.24. The Morgan fingerprint density at radius 1 is 0.818 bits per heavy atom. The number of halogens is 6. The number of hydrogen-bond donors (Lipinski definition) is 0.